The molecule has 9 nitrogen and oxygen atoms in total. The Bertz CT molecular complexity index is 1900. The van der Waals surface area contributed by atoms with E-state index in [-0.39, 0.29) is 0 Å². The highest BCUT2D eigenvalue weighted by atomic mass is 32.1. The van der Waals surface area contributed by atoms with Crippen molar-refractivity contribution in [3.05, 3.63) is 84.8 Å². The number of nitrogens with zero attached hydrogens (tertiary/aromatic N) is 5. The third kappa shape index (κ3) is 3.82. The first-order valence-corrected chi connectivity index (χ1v) is 12.7. The Labute approximate surface area is 220 Å². The van der Waals surface area contributed by atoms with Crippen LogP contribution in [0.15, 0.2) is 83.7 Å². The Morgan fingerprint density at radius 1 is 1.00 bits per heavy atom. The molecule has 0 fully saturated rings. The van der Waals surface area contributed by atoms with Crippen LogP contribution < -0.4 is 14.2 Å². The molecule has 7 aromatic rings. The molecule has 0 bridgehead atoms. The molecule has 0 N–H and O–H groups in total. The first kappa shape index (κ1) is 22.4. The largest absolute Gasteiger partial charge is 0.496 e. The molecule has 0 aliphatic heterocycles. The van der Waals surface area contributed by atoms with Gasteiger partial charge in [-0.15, -0.1) is 5.10 Å². The Hall–Kier alpha value is -4.83. The molecule has 10 heteroatoms. The molecular weight excluding hydrogens is 502 g/mol. The normalized spacial score (nSPS) is 11.5. The van der Waals surface area contributed by atoms with Crippen molar-refractivity contribution in [2.45, 2.75) is 6.61 Å². The van der Waals surface area contributed by atoms with Crippen LogP contribution in [0.1, 0.15) is 5.56 Å². The Morgan fingerprint density at radius 2 is 1.95 bits per heavy atom. The zero-order chi connectivity index (χ0) is 25.6. The van der Waals surface area contributed by atoms with Gasteiger partial charge < -0.3 is 18.6 Å². The quantitative estimate of drug-likeness (QED) is 0.249. The van der Waals surface area contributed by atoms with Crippen LogP contribution in [0.2, 0.25) is 0 Å². The van der Waals surface area contributed by atoms with Crippen molar-refractivity contribution in [2.24, 2.45) is 0 Å². The van der Waals surface area contributed by atoms with Gasteiger partial charge in [-0.3, -0.25) is 4.40 Å². The maximum absolute atomic E-state index is 6.32. The van der Waals surface area contributed by atoms with Crippen LogP contribution in [0.25, 0.3) is 44.3 Å². The van der Waals surface area contributed by atoms with E-state index >= 15 is 0 Å². The van der Waals surface area contributed by atoms with E-state index in [0.29, 0.717) is 40.3 Å². The highest BCUT2D eigenvalue weighted by Gasteiger charge is 2.17. The zero-order valence-electron chi connectivity index (χ0n) is 20.5. The monoisotopic (exact) mass is 523 g/mol. The van der Waals surface area contributed by atoms with Gasteiger partial charge in [-0.25, -0.2) is 14.5 Å². The maximum Gasteiger partial charge on any atom is 0.294 e. The van der Waals surface area contributed by atoms with Crippen molar-refractivity contribution in [3.63, 3.8) is 0 Å². The number of rotatable bonds is 7. The summed E-state index contributed by atoms with van der Waals surface area (Å²) in [5, 5.41) is 5.72. The van der Waals surface area contributed by atoms with E-state index in [1.165, 1.54) is 11.3 Å². The number of ether oxygens (including phenoxy) is 3. The molecule has 0 spiro atoms. The van der Waals surface area contributed by atoms with Gasteiger partial charge in [0.05, 0.1) is 37.7 Å². The number of benzene rings is 2. The van der Waals surface area contributed by atoms with E-state index in [9.17, 15) is 0 Å². The topological polar surface area (TPSA) is 88.3 Å². The lowest BCUT2D eigenvalue weighted by Crippen LogP contribution is -1.97. The van der Waals surface area contributed by atoms with Gasteiger partial charge >= 0.3 is 0 Å². The van der Waals surface area contributed by atoms with Crippen LogP contribution in [0.4, 0.5) is 0 Å². The van der Waals surface area contributed by atoms with Gasteiger partial charge in [0.1, 0.15) is 35.0 Å². The maximum atomic E-state index is 6.32. The van der Waals surface area contributed by atoms with Crippen molar-refractivity contribution in [2.75, 3.05) is 14.2 Å². The number of pyridine rings is 1. The number of fused-ring (bicyclic) bond motifs is 3. The fraction of sp³-hybridized carbons (Fsp3) is 0.107. The summed E-state index contributed by atoms with van der Waals surface area (Å²) in [6.07, 6.45) is 5.72. The SMILES string of the molecule is COc1cc(OCc2cccc(-c3cnc4ccccn34)c2)c2cc(-c3cn4nc(OC)sc4n3)oc2c1. The summed E-state index contributed by atoms with van der Waals surface area (Å²) in [4.78, 5) is 9.86. The van der Waals surface area contributed by atoms with Crippen LogP contribution in [0, 0.1) is 0 Å². The van der Waals surface area contributed by atoms with E-state index in [1.54, 1.807) is 18.7 Å². The Kier molecular flexibility index (Phi) is 5.26. The molecule has 0 saturated heterocycles. The van der Waals surface area contributed by atoms with Crippen molar-refractivity contribution in [1.29, 1.82) is 0 Å². The summed E-state index contributed by atoms with van der Waals surface area (Å²) in [5.74, 6) is 1.92. The predicted octanol–water partition coefficient (Wildman–Crippen LogP) is 6.11. The van der Waals surface area contributed by atoms with Crippen molar-refractivity contribution in [3.8, 4) is 39.4 Å². The van der Waals surface area contributed by atoms with Crippen LogP contribution in [0.3, 0.4) is 0 Å². The molecule has 0 radical (unpaired) electrons. The second kappa shape index (κ2) is 8.93. The van der Waals surface area contributed by atoms with Gasteiger partial charge in [0, 0.05) is 23.9 Å². The third-order valence-corrected chi connectivity index (χ3v) is 7.18. The van der Waals surface area contributed by atoms with Crippen LogP contribution in [0.5, 0.6) is 16.7 Å². The Morgan fingerprint density at radius 3 is 2.82 bits per heavy atom. The first-order chi connectivity index (χ1) is 18.7. The van der Waals surface area contributed by atoms with Crippen molar-refractivity contribution < 1.29 is 18.6 Å². The highest BCUT2D eigenvalue weighted by molar-refractivity contribution is 7.18. The van der Waals surface area contributed by atoms with Gasteiger partial charge in [0.2, 0.25) is 4.96 Å². The molecule has 0 aliphatic carbocycles. The van der Waals surface area contributed by atoms with E-state index < -0.39 is 0 Å². The summed E-state index contributed by atoms with van der Waals surface area (Å²) in [6.45, 7) is 0.372. The molecule has 0 amide bonds. The third-order valence-electron chi connectivity index (χ3n) is 6.29. The minimum Gasteiger partial charge on any atom is -0.496 e. The molecule has 5 heterocycles. The lowest BCUT2D eigenvalue weighted by molar-refractivity contribution is 0.307. The molecule has 0 aliphatic rings. The molecule has 188 valence electrons. The van der Waals surface area contributed by atoms with Gasteiger partial charge in [-0.2, -0.15) is 0 Å². The lowest BCUT2D eigenvalue weighted by atomic mass is 10.1. The number of methoxy groups -OCH3 is 2. The molecular formula is C28H21N5O4S. The number of imidazole rings is 2. The molecule has 0 saturated carbocycles. The summed E-state index contributed by atoms with van der Waals surface area (Å²) < 4.78 is 26.9. The van der Waals surface area contributed by atoms with Gasteiger partial charge in [-0.05, 0) is 41.2 Å². The fourth-order valence-corrected chi connectivity index (χ4v) is 5.16. The fourth-order valence-electron chi connectivity index (χ4n) is 4.46. The number of hydrogen-bond acceptors (Lipinski definition) is 8. The average molecular weight is 524 g/mol. The lowest BCUT2D eigenvalue weighted by Gasteiger charge is -2.10. The van der Waals surface area contributed by atoms with E-state index in [4.69, 9.17) is 18.6 Å². The van der Waals surface area contributed by atoms with E-state index in [0.717, 1.165) is 32.8 Å². The molecule has 2 aromatic carbocycles. The Balaban J connectivity index is 1.20. The second-order valence-electron chi connectivity index (χ2n) is 8.63. The van der Waals surface area contributed by atoms with Crippen molar-refractivity contribution in [1.82, 2.24) is 24.0 Å². The number of furan rings is 1. The van der Waals surface area contributed by atoms with Gasteiger partial charge in [-0.1, -0.05) is 24.3 Å². The van der Waals surface area contributed by atoms with Crippen molar-refractivity contribution >= 4 is 32.9 Å². The first-order valence-electron chi connectivity index (χ1n) is 11.8. The van der Waals surface area contributed by atoms with Gasteiger partial charge in [0.15, 0.2) is 5.76 Å². The minimum absolute atomic E-state index is 0.372. The summed E-state index contributed by atoms with van der Waals surface area (Å²) in [6, 6.07) is 19.9. The average Bonchev–Trinajstić information content (AvgIpc) is 3.73. The minimum atomic E-state index is 0.372. The smallest absolute Gasteiger partial charge is 0.294 e. The number of hydrogen-bond donors (Lipinski definition) is 0. The van der Waals surface area contributed by atoms with E-state index in [2.05, 4.69) is 31.6 Å². The van der Waals surface area contributed by atoms with E-state index in [1.807, 2.05) is 67.1 Å². The molecule has 7 rings (SSSR count). The van der Waals surface area contributed by atoms with Crippen LogP contribution in [-0.4, -0.2) is 38.2 Å². The molecule has 0 unspecified atom stereocenters. The van der Waals surface area contributed by atoms with Crippen LogP contribution in [-0.2, 0) is 6.61 Å². The van der Waals surface area contributed by atoms with Crippen LogP contribution >= 0.6 is 11.3 Å². The molecule has 0 atom stereocenters. The van der Waals surface area contributed by atoms with Gasteiger partial charge in [0.25, 0.3) is 5.19 Å². The summed E-state index contributed by atoms with van der Waals surface area (Å²) in [5.41, 5.74) is 5.35. The highest BCUT2D eigenvalue weighted by Crippen LogP contribution is 2.37. The molecule has 38 heavy (non-hydrogen) atoms. The molecule has 5 aromatic heterocycles. The number of aromatic nitrogens is 5. The zero-order valence-corrected chi connectivity index (χ0v) is 21.3. The summed E-state index contributed by atoms with van der Waals surface area (Å²) >= 11 is 1.36. The summed E-state index contributed by atoms with van der Waals surface area (Å²) in [7, 11) is 3.21. The standard InChI is InChI=1S/C28H21N5O4S/c1-34-19-11-23(20-13-25(37-24(20)12-19)21-15-33-27(30-21)38-28(31-33)35-2)36-16-17-6-5-7-18(10-17)22-14-29-26-8-3-4-9-32(22)26/h3-15H,16H2,1-2H3. The second-order valence-corrected chi connectivity index (χ2v) is 9.55. The predicted molar refractivity (Wildman–Crippen MR) is 144 cm³/mol.